The molecule has 2 aliphatic rings. The Morgan fingerprint density at radius 1 is 1.18 bits per heavy atom. The van der Waals surface area contributed by atoms with Crippen LogP contribution in [0.2, 0.25) is 0 Å². The second kappa shape index (κ2) is 11.7. The van der Waals surface area contributed by atoms with Gasteiger partial charge in [0.05, 0.1) is 17.0 Å². The summed E-state index contributed by atoms with van der Waals surface area (Å²) in [6.07, 6.45) is 9.23. The molecule has 3 aromatic rings. The molecule has 0 spiro atoms. The van der Waals surface area contributed by atoms with Crippen LogP contribution in [-0.4, -0.2) is 51.4 Å². The van der Waals surface area contributed by atoms with E-state index in [-0.39, 0.29) is 6.15 Å². The summed E-state index contributed by atoms with van der Waals surface area (Å²) >= 11 is 3.63. The molecule has 4 heterocycles. The predicted octanol–water partition coefficient (Wildman–Crippen LogP) is 4.79. The quantitative estimate of drug-likeness (QED) is 0.214. The topological polar surface area (TPSA) is 76.1 Å². The normalized spacial score (nSPS) is 14.7. The lowest BCUT2D eigenvalue weighted by atomic mass is 10.1. The molecule has 1 aliphatic carbocycles. The van der Waals surface area contributed by atoms with E-state index >= 15 is 0 Å². The highest BCUT2D eigenvalue weighted by molar-refractivity contribution is 7.99. The van der Waals surface area contributed by atoms with Crippen molar-refractivity contribution in [2.45, 2.75) is 50.5 Å². The lowest BCUT2D eigenvalue weighted by Crippen LogP contribution is -2.30. The highest BCUT2D eigenvalue weighted by Gasteiger charge is 2.26. The van der Waals surface area contributed by atoms with Gasteiger partial charge in [0.2, 0.25) is 0 Å². The van der Waals surface area contributed by atoms with E-state index in [1.54, 1.807) is 11.3 Å². The van der Waals surface area contributed by atoms with Crippen molar-refractivity contribution in [2.75, 3.05) is 25.4 Å². The van der Waals surface area contributed by atoms with Crippen LogP contribution < -0.4 is 0 Å². The van der Waals surface area contributed by atoms with Gasteiger partial charge >= 0.3 is 6.15 Å². The molecule has 0 saturated carbocycles. The van der Waals surface area contributed by atoms with Crippen LogP contribution in [0.5, 0.6) is 0 Å². The van der Waals surface area contributed by atoms with Crippen molar-refractivity contribution in [3.8, 4) is 11.3 Å². The van der Waals surface area contributed by atoms with Gasteiger partial charge < -0.3 is 4.90 Å². The van der Waals surface area contributed by atoms with Crippen molar-refractivity contribution < 1.29 is 9.59 Å². The number of hydrogen-bond donors (Lipinski definition) is 0. The maximum Gasteiger partial charge on any atom is 0.373 e. The van der Waals surface area contributed by atoms with Gasteiger partial charge in [-0.05, 0) is 79.3 Å². The number of thiophene rings is 1. The minimum absolute atomic E-state index is 0.250. The lowest BCUT2D eigenvalue weighted by Gasteiger charge is -2.26. The summed E-state index contributed by atoms with van der Waals surface area (Å²) in [6, 6.07) is 4.43. The van der Waals surface area contributed by atoms with Gasteiger partial charge in [-0.3, -0.25) is 4.98 Å². The van der Waals surface area contributed by atoms with Gasteiger partial charge in [-0.1, -0.05) is 12.5 Å². The molecule has 1 saturated heterocycles. The molecule has 0 unspecified atom stereocenters. The lowest BCUT2D eigenvalue weighted by molar-refractivity contribution is -0.191. The third-order valence-electron chi connectivity index (χ3n) is 5.94. The molecule has 6 nitrogen and oxygen atoms in total. The Labute approximate surface area is 202 Å². The maximum atomic E-state index is 8.12. The highest BCUT2D eigenvalue weighted by atomic mass is 32.2. The monoisotopic (exact) mass is 480 g/mol. The molecule has 0 atom stereocenters. The molecule has 3 aromatic heterocycles. The number of aromatic nitrogens is 3. The maximum absolute atomic E-state index is 8.12. The van der Waals surface area contributed by atoms with Crippen LogP contribution in [0.15, 0.2) is 34.1 Å². The van der Waals surface area contributed by atoms with E-state index in [2.05, 4.69) is 34.7 Å². The van der Waals surface area contributed by atoms with Crippen molar-refractivity contribution >= 4 is 29.3 Å². The van der Waals surface area contributed by atoms with E-state index in [0.29, 0.717) is 0 Å². The van der Waals surface area contributed by atoms with E-state index in [1.165, 1.54) is 67.6 Å². The molecular weight excluding hydrogens is 452 g/mol. The third kappa shape index (κ3) is 6.15. The van der Waals surface area contributed by atoms with Crippen LogP contribution in [0.4, 0.5) is 0 Å². The molecule has 172 valence electrons. The SMILES string of the molecule is Cc1cnc2c(c1)Cc1nc(Cc3ccsc3)nc(SCCCN3CCCCC3)c1-2.O=C=O. The van der Waals surface area contributed by atoms with Gasteiger partial charge in [-0.25, -0.2) is 9.97 Å². The zero-order valence-corrected chi connectivity index (χ0v) is 20.5. The van der Waals surface area contributed by atoms with Gasteiger partial charge in [-0.2, -0.15) is 20.9 Å². The first-order valence-electron chi connectivity index (χ1n) is 11.4. The minimum Gasteiger partial charge on any atom is -0.303 e. The van der Waals surface area contributed by atoms with Gasteiger partial charge in [0.1, 0.15) is 10.9 Å². The fourth-order valence-electron chi connectivity index (χ4n) is 4.47. The smallest absolute Gasteiger partial charge is 0.303 e. The van der Waals surface area contributed by atoms with Crippen molar-refractivity contribution in [3.05, 3.63) is 57.3 Å². The summed E-state index contributed by atoms with van der Waals surface area (Å²) in [5, 5.41) is 5.45. The van der Waals surface area contributed by atoms with Crippen molar-refractivity contribution in [2.24, 2.45) is 0 Å². The second-order valence-corrected chi connectivity index (χ2v) is 10.3. The van der Waals surface area contributed by atoms with Crippen molar-refractivity contribution in [1.82, 2.24) is 19.9 Å². The standard InChI is InChI=1S/C24H28N4S2.CO2/c1-17-12-19-14-20-22(23(19)25-15-17)24(27-21(26-20)13-18-6-11-29-16-18)30-10-5-9-28-7-3-2-4-8-28;2-1-3/h6,11-12,15-16H,2-5,7-10,13-14H2,1H3;. The van der Waals surface area contributed by atoms with E-state index in [1.807, 2.05) is 18.0 Å². The third-order valence-corrected chi connectivity index (χ3v) is 7.74. The number of piperidine rings is 1. The summed E-state index contributed by atoms with van der Waals surface area (Å²) < 4.78 is 0. The average molecular weight is 481 g/mol. The number of likely N-dealkylation sites (tertiary alicyclic amines) is 1. The first kappa shape index (κ1) is 23.8. The van der Waals surface area contributed by atoms with E-state index < -0.39 is 0 Å². The Bertz CT molecular complexity index is 1110. The number of pyridine rings is 1. The number of aryl methyl sites for hydroxylation is 1. The van der Waals surface area contributed by atoms with Gasteiger partial charge in [0.15, 0.2) is 0 Å². The van der Waals surface area contributed by atoms with Crippen LogP contribution >= 0.6 is 23.1 Å². The summed E-state index contributed by atoms with van der Waals surface area (Å²) in [5.74, 6) is 2.04. The fraction of sp³-hybridized carbons (Fsp3) is 0.440. The predicted molar refractivity (Wildman–Crippen MR) is 131 cm³/mol. The zero-order valence-electron chi connectivity index (χ0n) is 18.9. The minimum atomic E-state index is 0.250. The van der Waals surface area contributed by atoms with Crippen LogP contribution in [0.25, 0.3) is 11.3 Å². The molecule has 33 heavy (non-hydrogen) atoms. The summed E-state index contributed by atoms with van der Waals surface area (Å²) in [6.45, 7) is 5.86. The Morgan fingerprint density at radius 2 is 2.00 bits per heavy atom. The molecule has 1 fully saturated rings. The molecule has 1 aliphatic heterocycles. The number of hydrogen-bond acceptors (Lipinski definition) is 8. The van der Waals surface area contributed by atoms with Crippen molar-refractivity contribution in [3.63, 3.8) is 0 Å². The summed E-state index contributed by atoms with van der Waals surface area (Å²) in [7, 11) is 0. The highest BCUT2D eigenvalue weighted by Crippen LogP contribution is 2.40. The number of fused-ring (bicyclic) bond motifs is 3. The van der Waals surface area contributed by atoms with E-state index in [9.17, 15) is 0 Å². The second-order valence-electron chi connectivity index (χ2n) is 8.46. The van der Waals surface area contributed by atoms with Gasteiger partial charge in [0.25, 0.3) is 0 Å². The Kier molecular flexibility index (Phi) is 8.40. The molecule has 0 bridgehead atoms. The molecule has 0 amide bonds. The average Bonchev–Trinajstić information content (AvgIpc) is 3.45. The largest absolute Gasteiger partial charge is 0.373 e. The van der Waals surface area contributed by atoms with Crippen LogP contribution in [-0.2, 0) is 22.4 Å². The molecule has 0 radical (unpaired) electrons. The first-order chi connectivity index (χ1) is 16.2. The molecule has 0 aromatic carbocycles. The van der Waals surface area contributed by atoms with Crippen LogP contribution in [0.1, 0.15) is 53.9 Å². The number of carbonyl (C=O) groups excluding carboxylic acids is 2. The van der Waals surface area contributed by atoms with E-state index in [4.69, 9.17) is 24.5 Å². The Hall–Kier alpha value is -2.38. The van der Waals surface area contributed by atoms with Crippen LogP contribution in [0, 0.1) is 6.92 Å². The number of thioether (sulfide) groups is 1. The Balaban J connectivity index is 0.000000821. The first-order valence-corrected chi connectivity index (χ1v) is 13.3. The van der Waals surface area contributed by atoms with Gasteiger partial charge in [-0.15, -0.1) is 11.8 Å². The fourth-order valence-corrected chi connectivity index (χ4v) is 6.13. The van der Waals surface area contributed by atoms with Crippen LogP contribution in [0.3, 0.4) is 0 Å². The summed E-state index contributed by atoms with van der Waals surface area (Å²) in [4.78, 5) is 33.6. The zero-order chi connectivity index (χ0) is 23.0. The number of nitrogens with zero attached hydrogens (tertiary/aromatic N) is 4. The van der Waals surface area contributed by atoms with Gasteiger partial charge in [0, 0.05) is 24.8 Å². The molecule has 8 heteroatoms. The van der Waals surface area contributed by atoms with Crippen molar-refractivity contribution in [1.29, 1.82) is 0 Å². The molecular formula is C25H28N4O2S2. The Morgan fingerprint density at radius 3 is 2.76 bits per heavy atom. The summed E-state index contributed by atoms with van der Waals surface area (Å²) in [5.41, 5.74) is 7.23. The molecule has 5 rings (SSSR count). The number of rotatable bonds is 7. The molecule has 0 N–H and O–H groups in total. The van der Waals surface area contributed by atoms with E-state index in [0.717, 1.165) is 40.8 Å².